The van der Waals surface area contributed by atoms with Crippen LogP contribution < -0.4 is 19.7 Å². The number of nitrogens with zero attached hydrogens (tertiary/aromatic N) is 5. The van der Waals surface area contributed by atoms with Crippen LogP contribution in [0.15, 0.2) is 42.7 Å². The Morgan fingerprint density at radius 2 is 1.77 bits per heavy atom. The number of carbonyl (C=O) groups excluding carboxylic acids is 1. The van der Waals surface area contributed by atoms with E-state index >= 15 is 0 Å². The molecule has 0 spiro atoms. The van der Waals surface area contributed by atoms with Crippen molar-refractivity contribution < 1.29 is 24.2 Å². The van der Waals surface area contributed by atoms with Crippen molar-refractivity contribution in [1.29, 1.82) is 0 Å². The minimum Gasteiger partial charge on any atom is -0.493 e. The number of anilines is 2. The molecule has 206 valence electrons. The second-order valence-electron chi connectivity index (χ2n) is 9.72. The van der Waals surface area contributed by atoms with Gasteiger partial charge in [0, 0.05) is 44.2 Å². The maximum Gasteiger partial charge on any atom is 0.337 e. The van der Waals surface area contributed by atoms with Gasteiger partial charge in [-0.15, -0.1) is 0 Å². The van der Waals surface area contributed by atoms with Gasteiger partial charge in [0.05, 0.1) is 30.5 Å². The minimum absolute atomic E-state index is 0.0563. The van der Waals surface area contributed by atoms with E-state index in [2.05, 4.69) is 25.1 Å². The van der Waals surface area contributed by atoms with Gasteiger partial charge in [-0.1, -0.05) is 12.1 Å². The number of rotatable bonds is 9. The molecule has 2 aromatic carbocycles. The molecule has 2 saturated heterocycles. The summed E-state index contributed by atoms with van der Waals surface area (Å²) in [6.07, 6.45) is 5.06. The van der Waals surface area contributed by atoms with Gasteiger partial charge in [0.25, 0.3) is 0 Å². The molecule has 2 N–H and O–H groups in total. The van der Waals surface area contributed by atoms with Crippen molar-refractivity contribution in [3.05, 3.63) is 48.3 Å². The third-order valence-corrected chi connectivity index (χ3v) is 7.24. The summed E-state index contributed by atoms with van der Waals surface area (Å²) in [6.45, 7) is 6.06. The maximum atomic E-state index is 12.8. The van der Waals surface area contributed by atoms with Crippen LogP contribution in [0, 0.1) is 0 Å². The molecule has 0 aliphatic carbocycles. The van der Waals surface area contributed by atoms with Crippen LogP contribution in [0.3, 0.4) is 0 Å². The van der Waals surface area contributed by atoms with Crippen molar-refractivity contribution >= 4 is 34.4 Å². The number of amides is 2. The van der Waals surface area contributed by atoms with E-state index in [0.29, 0.717) is 44.3 Å². The number of carboxylic acid groups (broad SMARTS) is 1. The molecule has 0 atom stereocenters. The molecule has 2 amide bonds. The number of hydrogen-bond donors (Lipinski definition) is 2. The van der Waals surface area contributed by atoms with Gasteiger partial charge in [0.2, 0.25) is 0 Å². The quantitative estimate of drug-likeness (QED) is 0.397. The number of urea groups is 1. The summed E-state index contributed by atoms with van der Waals surface area (Å²) in [6, 6.07) is 9.87. The average molecular weight is 535 g/mol. The summed E-state index contributed by atoms with van der Waals surface area (Å²) in [5.41, 5.74) is 1.10. The molecule has 2 aliphatic rings. The standard InChI is InChI=1S/C28H34N6O5/c1-38-24-17-21-23(18-25(24)39-16-6-11-32-9-4-5-10-32)29-19-30-26(21)33-12-14-34(15-13-33)28(37)31-22-8-3-2-7-20(22)27(35)36/h2-3,7-8,17-19H,4-6,9-16H2,1H3,(H,31,37)(H,35,36). The Kier molecular flexibility index (Phi) is 8.26. The lowest BCUT2D eigenvalue weighted by Gasteiger charge is -2.35. The Morgan fingerprint density at radius 1 is 1.00 bits per heavy atom. The molecule has 2 fully saturated rings. The van der Waals surface area contributed by atoms with Gasteiger partial charge in [-0.3, -0.25) is 0 Å². The van der Waals surface area contributed by atoms with Gasteiger partial charge in [0.15, 0.2) is 11.5 Å². The normalized spacial score (nSPS) is 15.9. The SMILES string of the molecule is COc1cc2c(N3CCN(C(=O)Nc4ccccc4C(=O)O)CC3)ncnc2cc1OCCCN1CCCC1. The lowest BCUT2D eigenvalue weighted by atomic mass is 10.1. The van der Waals surface area contributed by atoms with Crippen molar-refractivity contribution in [3.63, 3.8) is 0 Å². The first-order valence-corrected chi connectivity index (χ1v) is 13.3. The second kappa shape index (κ2) is 12.2. The average Bonchev–Trinajstić information content (AvgIpc) is 3.48. The molecule has 5 rings (SSSR count). The van der Waals surface area contributed by atoms with Crippen LogP contribution in [-0.2, 0) is 0 Å². The number of ether oxygens (including phenoxy) is 2. The molecule has 0 bridgehead atoms. The van der Waals surface area contributed by atoms with Crippen LogP contribution in [0.2, 0.25) is 0 Å². The lowest BCUT2D eigenvalue weighted by Crippen LogP contribution is -2.50. The minimum atomic E-state index is -1.09. The van der Waals surface area contributed by atoms with Crippen LogP contribution in [0.5, 0.6) is 11.5 Å². The molecule has 11 nitrogen and oxygen atoms in total. The second-order valence-corrected chi connectivity index (χ2v) is 9.72. The number of para-hydroxylation sites is 1. The molecular formula is C28H34N6O5. The third kappa shape index (κ3) is 6.14. The van der Waals surface area contributed by atoms with Crippen LogP contribution in [0.4, 0.5) is 16.3 Å². The van der Waals surface area contributed by atoms with E-state index in [1.807, 2.05) is 12.1 Å². The van der Waals surface area contributed by atoms with Crippen molar-refractivity contribution in [2.75, 3.05) is 69.7 Å². The van der Waals surface area contributed by atoms with Crippen LogP contribution >= 0.6 is 0 Å². The summed E-state index contributed by atoms with van der Waals surface area (Å²) in [5, 5.41) is 13.0. The monoisotopic (exact) mass is 534 g/mol. The maximum absolute atomic E-state index is 12.8. The lowest BCUT2D eigenvalue weighted by molar-refractivity contribution is 0.0698. The number of benzene rings is 2. The van der Waals surface area contributed by atoms with Gasteiger partial charge >= 0.3 is 12.0 Å². The Balaban J connectivity index is 1.23. The Bertz CT molecular complexity index is 1320. The van der Waals surface area contributed by atoms with Gasteiger partial charge in [0.1, 0.15) is 12.1 Å². The van der Waals surface area contributed by atoms with Crippen LogP contribution in [0.25, 0.3) is 10.9 Å². The molecule has 2 aliphatic heterocycles. The smallest absolute Gasteiger partial charge is 0.337 e. The van der Waals surface area contributed by atoms with Crippen LogP contribution in [0.1, 0.15) is 29.6 Å². The van der Waals surface area contributed by atoms with E-state index in [4.69, 9.17) is 9.47 Å². The molecular weight excluding hydrogens is 500 g/mol. The summed E-state index contributed by atoms with van der Waals surface area (Å²) in [4.78, 5) is 39.6. The van der Waals surface area contributed by atoms with E-state index in [-0.39, 0.29) is 17.3 Å². The summed E-state index contributed by atoms with van der Waals surface area (Å²) in [7, 11) is 1.63. The van der Waals surface area contributed by atoms with Crippen molar-refractivity contribution in [2.45, 2.75) is 19.3 Å². The molecule has 3 heterocycles. The molecule has 39 heavy (non-hydrogen) atoms. The highest BCUT2D eigenvalue weighted by molar-refractivity contribution is 6.00. The first-order chi connectivity index (χ1) is 19.0. The predicted molar refractivity (Wildman–Crippen MR) is 148 cm³/mol. The van der Waals surface area contributed by atoms with Crippen molar-refractivity contribution in [1.82, 2.24) is 19.8 Å². The molecule has 11 heteroatoms. The molecule has 3 aromatic rings. The van der Waals surface area contributed by atoms with Crippen LogP contribution in [-0.4, -0.2) is 96.4 Å². The number of methoxy groups -OCH3 is 1. The number of likely N-dealkylation sites (tertiary alicyclic amines) is 1. The van der Waals surface area contributed by atoms with E-state index in [1.165, 1.54) is 32.0 Å². The number of aromatic carboxylic acids is 1. The molecule has 0 saturated carbocycles. The first-order valence-electron chi connectivity index (χ1n) is 13.3. The van der Waals surface area contributed by atoms with Gasteiger partial charge in [-0.05, 0) is 50.6 Å². The number of piperazine rings is 1. The van der Waals surface area contributed by atoms with E-state index < -0.39 is 5.97 Å². The number of fused-ring (bicyclic) bond motifs is 1. The Labute approximate surface area is 227 Å². The Morgan fingerprint density at radius 3 is 2.51 bits per heavy atom. The zero-order valence-electron chi connectivity index (χ0n) is 22.1. The molecule has 0 unspecified atom stereocenters. The zero-order chi connectivity index (χ0) is 27.2. The highest BCUT2D eigenvalue weighted by atomic mass is 16.5. The van der Waals surface area contributed by atoms with E-state index in [1.54, 1.807) is 36.5 Å². The van der Waals surface area contributed by atoms with E-state index in [0.717, 1.165) is 29.7 Å². The fourth-order valence-electron chi connectivity index (χ4n) is 5.15. The summed E-state index contributed by atoms with van der Waals surface area (Å²) >= 11 is 0. The summed E-state index contributed by atoms with van der Waals surface area (Å²) < 4.78 is 11.7. The number of carboxylic acids is 1. The predicted octanol–water partition coefficient (Wildman–Crippen LogP) is 3.56. The topological polar surface area (TPSA) is 120 Å². The van der Waals surface area contributed by atoms with Gasteiger partial charge in [-0.2, -0.15) is 0 Å². The molecule has 1 aromatic heterocycles. The van der Waals surface area contributed by atoms with Crippen molar-refractivity contribution in [2.24, 2.45) is 0 Å². The number of nitrogens with one attached hydrogen (secondary N) is 1. The van der Waals surface area contributed by atoms with Crippen molar-refractivity contribution in [3.8, 4) is 11.5 Å². The summed E-state index contributed by atoms with van der Waals surface area (Å²) in [5.74, 6) is 0.988. The third-order valence-electron chi connectivity index (χ3n) is 7.24. The highest BCUT2D eigenvalue weighted by Crippen LogP contribution is 2.35. The highest BCUT2D eigenvalue weighted by Gasteiger charge is 2.25. The number of carbonyl (C=O) groups is 2. The largest absolute Gasteiger partial charge is 0.493 e. The first kappa shape index (κ1) is 26.5. The van der Waals surface area contributed by atoms with E-state index in [9.17, 15) is 14.7 Å². The number of aromatic nitrogens is 2. The number of hydrogen-bond acceptors (Lipinski definition) is 8. The fraction of sp³-hybridized carbons (Fsp3) is 0.429. The van der Waals surface area contributed by atoms with Gasteiger partial charge < -0.3 is 34.6 Å². The van der Waals surface area contributed by atoms with Gasteiger partial charge in [-0.25, -0.2) is 19.6 Å². The fourth-order valence-corrected chi connectivity index (χ4v) is 5.15. The Hall–Kier alpha value is -4.12. The molecule has 0 radical (unpaired) electrons. The zero-order valence-corrected chi connectivity index (χ0v) is 22.1.